The van der Waals surface area contributed by atoms with Gasteiger partial charge in [0.2, 0.25) is 0 Å². The van der Waals surface area contributed by atoms with Crippen molar-refractivity contribution in [2.45, 2.75) is 52.2 Å². The maximum absolute atomic E-state index is 9.22. The molecule has 1 aliphatic heterocycles. The minimum Gasteiger partial charge on any atom is -0.363 e. The summed E-state index contributed by atoms with van der Waals surface area (Å²) in [6, 6.07) is 17.1. The van der Waals surface area contributed by atoms with Crippen molar-refractivity contribution in [1.29, 1.82) is 5.26 Å². The minimum atomic E-state index is 0.311. The summed E-state index contributed by atoms with van der Waals surface area (Å²) in [5.74, 6) is 0. The molecule has 148 valence electrons. The fourth-order valence-corrected chi connectivity index (χ4v) is 3.82. The lowest BCUT2D eigenvalue weighted by Gasteiger charge is -2.42. The first kappa shape index (κ1) is 20.7. The highest BCUT2D eigenvalue weighted by atomic mass is 35.5. The fourth-order valence-electron chi connectivity index (χ4n) is 3.60. The summed E-state index contributed by atoms with van der Waals surface area (Å²) in [5, 5.41) is 11.8. The molecule has 0 aliphatic carbocycles. The van der Waals surface area contributed by atoms with Gasteiger partial charge < -0.3 is 4.90 Å². The lowest BCUT2D eigenvalue weighted by molar-refractivity contribution is -0.207. The smallest absolute Gasteiger partial charge is 0.101 e. The molecule has 0 aromatic heterocycles. The van der Waals surface area contributed by atoms with Gasteiger partial charge >= 0.3 is 0 Å². The van der Waals surface area contributed by atoms with Gasteiger partial charge in [0.15, 0.2) is 0 Å². The quantitative estimate of drug-likeness (QED) is 0.660. The number of nitrogens with zero attached hydrogens (tertiary/aromatic N) is 3. The van der Waals surface area contributed by atoms with Gasteiger partial charge in [-0.15, -0.1) is 0 Å². The number of hydrogen-bond donors (Lipinski definition) is 0. The number of anilines is 1. The molecule has 2 atom stereocenters. The van der Waals surface area contributed by atoms with Gasteiger partial charge in [-0.3, -0.25) is 4.84 Å². The maximum atomic E-state index is 9.22. The minimum absolute atomic E-state index is 0.311. The number of hydrogen-bond acceptors (Lipinski definition) is 4. The van der Waals surface area contributed by atoms with Crippen molar-refractivity contribution < 1.29 is 4.84 Å². The zero-order valence-corrected chi connectivity index (χ0v) is 17.6. The van der Waals surface area contributed by atoms with E-state index < -0.39 is 0 Å². The van der Waals surface area contributed by atoms with Crippen molar-refractivity contribution in [3.05, 3.63) is 64.2 Å². The standard InChI is InChI=1S/C23H28ClN3O/c1-4-18(3)27-16-22(11-12-28-27)26(15-20-8-6-5-7-17(20)2)21-10-9-19(14-25)23(24)13-21/h5-10,13,18,22H,4,11-12,15-16H2,1-3H3/t18?,22-/m0/s1. The van der Waals surface area contributed by atoms with Crippen LogP contribution in [0.25, 0.3) is 0 Å². The highest BCUT2D eigenvalue weighted by molar-refractivity contribution is 6.32. The van der Waals surface area contributed by atoms with Crippen LogP contribution in [0.4, 0.5) is 5.69 Å². The molecule has 4 nitrogen and oxygen atoms in total. The Bertz CT molecular complexity index is 848. The third kappa shape index (κ3) is 4.67. The van der Waals surface area contributed by atoms with Crippen molar-refractivity contribution in [2.24, 2.45) is 0 Å². The summed E-state index contributed by atoms with van der Waals surface area (Å²) in [5.41, 5.74) is 4.13. The van der Waals surface area contributed by atoms with Crippen molar-refractivity contribution in [2.75, 3.05) is 18.1 Å². The highest BCUT2D eigenvalue weighted by Gasteiger charge is 2.29. The van der Waals surface area contributed by atoms with Crippen LogP contribution < -0.4 is 4.90 Å². The van der Waals surface area contributed by atoms with E-state index >= 15 is 0 Å². The Morgan fingerprint density at radius 1 is 1.32 bits per heavy atom. The predicted molar refractivity (Wildman–Crippen MR) is 114 cm³/mol. The molecule has 1 heterocycles. The second-order valence-electron chi connectivity index (χ2n) is 7.46. The Morgan fingerprint density at radius 2 is 2.11 bits per heavy atom. The van der Waals surface area contributed by atoms with E-state index in [2.05, 4.69) is 61.1 Å². The molecule has 3 rings (SSSR count). The maximum Gasteiger partial charge on any atom is 0.101 e. The number of rotatable bonds is 6. The average Bonchev–Trinajstić information content (AvgIpc) is 2.72. The summed E-state index contributed by atoms with van der Waals surface area (Å²) < 4.78 is 0. The highest BCUT2D eigenvalue weighted by Crippen LogP contribution is 2.29. The molecular weight excluding hydrogens is 370 g/mol. The topological polar surface area (TPSA) is 39.5 Å². The first-order valence-electron chi connectivity index (χ1n) is 9.93. The van der Waals surface area contributed by atoms with Crippen LogP contribution in [0.1, 0.15) is 43.4 Å². The van der Waals surface area contributed by atoms with Gasteiger partial charge in [-0.2, -0.15) is 10.3 Å². The van der Waals surface area contributed by atoms with Crippen LogP contribution in [0.2, 0.25) is 5.02 Å². The van der Waals surface area contributed by atoms with Crippen molar-refractivity contribution >= 4 is 17.3 Å². The van der Waals surface area contributed by atoms with Gasteiger partial charge in [0.05, 0.1) is 17.2 Å². The Kier molecular flexibility index (Phi) is 6.96. The summed E-state index contributed by atoms with van der Waals surface area (Å²) in [6.07, 6.45) is 2.00. The lowest BCUT2D eigenvalue weighted by atomic mass is 10.0. The van der Waals surface area contributed by atoms with E-state index in [4.69, 9.17) is 16.4 Å². The molecule has 0 bridgehead atoms. The molecule has 1 saturated heterocycles. The van der Waals surface area contributed by atoms with Gasteiger partial charge in [0.25, 0.3) is 0 Å². The van der Waals surface area contributed by atoms with Crippen molar-refractivity contribution in [3.8, 4) is 6.07 Å². The number of hydroxylamine groups is 2. The Balaban J connectivity index is 1.93. The van der Waals surface area contributed by atoms with E-state index in [1.54, 1.807) is 0 Å². The van der Waals surface area contributed by atoms with Crippen LogP contribution in [0, 0.1) is 18.3 Å². The second kappa shape index (κ2) is 9.43. The monoisotopic (exact) mass is 397 g/mol. The molecule has 1 aliphatic rings. The molecule has 2 aromatic rings. The van der Waals surface area contributed by atoms with E-state index in [0.29, 0.717) is 29.3 Å². The summed E-state index contributed by atoms with van der Waals surface area (Å²) in [6.45, 7) is 8.89. The normalized spacial score (nSPS) is 18.5. The van der Waals surface area contributed by atoms with E-state index in [-0.39, 0.29) is 0 Å². The van der Waals surface area contributed by atoms with E-state index in [9.17, 15) is 5.26 Å². The zero-order valence-electron chi connectivity index (χ0n) is 16.9. The average molecular weight is 398 g/mol. The SMILES string of the molecule is CCC(C)N1C[C@@H](N(Cc2ccccc2C)c2ccc(C#N)c(Cl)c2)CCO1. The van der Waals surface area contributed by atoms with E-state index in [1.165, 1.54) is 11.1 Å². The third-order valence-electron chi connectivity index (χ3n) is 5.63. The molecule has 1 unspecified atom stereocenters. The molecule has 1 fully saturated rings. The van der Waals surface area contributed by atoms with E-state index in [0.717, 1.165) is 31.6 Å². The Morgan fingerprint density at radius 3 is 2.79 bits per heavy atom. The Hall–Kier alpha value is -2.06. The van der Waals surface area contributed by atoms with Crippen LogP contribution in [0.3, 0.4) is 0 Å². The van der Waals surface area contributed by atoms with Gasteiger partial charge in [-0.1, -0.05) is 42.8 Å². The zero-order chi connectivity index (χ0) is 20.1. The summed E-state index contributed by atoms with van der Waals surface area (Å²) >= 11 is 6.36. The van der Waals surface area contributed by atoms with Crippen molar-refractivity contribution in [3.63, 3.8) is 0 Å². The largest absolute Gasteiger partial charge is 0.363 e. The van der Waals surface area contributed by atoms with Gasteiger partial charge in [-0.25, -0.2) is 0 Å². The van der Waals surface area contributed by atoms with Gasteiger partial charge in [0.1, 0.15) is 6.07 Å². The molecule has 0 spiro atoms. The number of nitriles is 1. The lowest BCUT2D eigenvalue weighted by Crippen LogP contribution is -2.51. The molecule has 0 saturated carbocycles. The molecular formula is C23H28ClN3O. The molecule has 0 N–H and O–H groups in total. The van der Waals surface area contributed by atoms with E-state index in [1.807, 2.05) is 18.2 Å². The molecule has 0 radical (unpaired) electrons. The number of halogens is 1. The van der Waals surface area contributed by atoms with Crippen LogP contribution >= 0.6 is 11.6 Å². The first-order chi connectivity index (χ1) is 13.5. The third-order valence-corrected chi connectivity index (χ3v) is 5.94. The van der Waals surface area contributed by atoms with Crippen LogP contribution in [-0.2, 0) is 11.4 Å². The van der Waals surface area contributed by atoms with Crippen molar-refractivity contribution in [1.82, 2.24) is 5.06 Å². The second-order valence-corrected chi connectivity index (χ2v) is 7.87. The number of aryl methyl sites for hydroxylation is 1. The molecule has 5 heteroatoms. The first-order valence-corrected chi connectivity index (χ1v) is 10.3. The predicted octanol–water partition coefficient (Wildman–Crippen LogP) is 5.33. The van der Waals surface area contributed by atoms with Crippen LogP contribution in [-0.4, -0.2) is 30.3 Å². The van der Waals surface area contributed by atoms with Crippen LogP contribution in [0.15, 0.2) is 42.5 Å². The molecule has 2 aromatic carbocycles. The fraction of sp³-hybridized carbons (Fsp3) is 0.435. The molecule has 0 amide bonds. The van der Waals surface area contributed by atoms with Crippen LogP contribution in [0.5, 0.6) is 0 Å². The van der Waals surface area contributed by atoms with Gasteiger partial charge in [-0.05, 0) is 56.0 Å². The Labute approximate surface area is 173 Å². The summed E-state index contributed by atoms with van der Waals surface area (Å²) in [4.78, 5) is 8.33. The number of benzene rings is 2. The summed E-state index contributed by atoms with van der Waals surface area (Å²) in [7, 11) is 0. The van der Waals surface area contributed by atoms with Gasteiger partial charge in [0, 0.05) is 30.9 Å². The molecule has 28 heavy (non-hydrogen) atoms.